The van der Waals surface area contributed by atoms with Gasteiger partial charge in [-0.3, -0.25) is 4.79 Å². The summed E-state index contributed by atoms with van der Waals surface area (Å²) in [4.78, 5) is 14.6. The van der Waals surface area contributed by atoms with E-state index in [0.717, 1.165) is 51.7 Å². The monoisotopic (exact) mass is 298 g/mol. The Labute approximate surface area is 132 Å². The fourth-order valence-corrected chi connectivity index (χ4v) is 2.74. The van der Waals surface area contributed by atoms with Crippen LogP contribution in [0.2, 0.25) is 0 Å². The van der Waals surface area contributed by atoms with Gasteiger partial charge in [-0.15, -0.1) is 0 Å². The number of hydrogen-bond donors (Lipinski definition) is 1. The lowest BCUT2D eigenvalue weighted by atomic mass is 9.96. The molecule has 0 spiro atoms. The molecule has 0 aromatic heterocycles. The Balaban J connectivity index is 4.19. The highest BCUT2D eigenvalue weighted by molar-refractivity contribution is 5.76. The van der Waals surface area contributed by atoms with E-state index < -0.39 is 0 Å². The number of nitrogens with zero attached hydrogens (tertiary/aromatic N) is 1. The van der Waals surface area contributed by atoms with Crippen LogP contribution in [-0.2, 0) is 4.79 Å². The third-order valence-corrected chi connectivity index (χ3v) is 4.33. The zero-order valence-electron chi connectivity index (χ0n) is 14.7. The number of hydrogen-bond acceptors (Lipinski definition) is 2. The van der Waals surface area contributed by atoms with E-state index in [2.05, 4.69) is 25.7 Å². The van der Waals surface area contributed by atoms with Gasteiger partial charge in [0.05, 0.1) is 0 Å². The van der Waals surface area contributed by atoms with Gasteiger partial charge in [-0.1, -0.05) is 52.9 Å². The summed E-state index contributed by atoms with van der Waals surface area (Å²) in [5.41, 5.74) is 5.64. The summed E-state index contributed by atoms with van der Waals surface area (Å²) >= 11 is 0. The summed E-state index contributed by atoms with van der Waals surface area (Å²) in [6, 6.07) is 0. The van der Waals surface area contributed by atoms with Crippen LogP contribution in [0.1, 0.15) is 85.0 Å². The van der Waals surface area contributed by atoms with E-state index in [1.807, 2.05) is 0 Å². The molecule has 1 unspecified atom stereocenters. The molecule has 0 fully saturated rings. The van der Waals surface area contributed by atoms with Gasteiger partial charge >= 0.3 is 0 Å². The Hall–Kier alpha value is -0.570. The van der Waals surface area contributed by atoms with Crippen molar-refractivity contribution in [1.82, 2.24) is 4.90 Å². The van der Waals surface area contributed by atoms with Crippen LogP contribution in [0.15, 0.2) is 0 Å². The first-order valence-electron chi connectivity index (χ1n) is 9.17. The molecule has 1 atom stereocenters. The van der Waals surface area contributed by atoms with Crippen molar-refractivity contribution in [2.75, 3.05) is 19.6 Å². The second-order valence-electron chi connectivity index (χ2n) is 6.19. The second kappa shape index (κ2) is 14.4. The Kier molecular flexibility index (Phi) is 14.0. The van der Waals surface area contributed by atoms with Crippen molar-refractivity contribution in [1.29, 1.82) is 0 Å². The maximum Gasteiger partial charge on any atom is 0.222 e. The fraction of sp³-hybridized carbons (Fsp3) is 0.944. The molecule has 3 nitrogen and oxygen atoms in total. The number of nitrogens with two attached hydrogens (primary N) is 1. The van der Waals surface area contributed by atoms with Crippen LogP contribution < -0.4 is 5.73 Å². The van der Waals surface area contributed by atoms with E-state index in [4.69, 9.17) is 5.73 Å². The minimum atomic E-state index is 0.359. The molecule has 0 heterocycles. The molecular weight excluding hydrogens is 260 g/mol. The Morgan fingerprint density at radius 1 is 0.952 bits per heavy atom. The maximum atomic E-state index is 12.5. The number of unbranched alkanes of at least 4 members (excludes halogenated alkanes) is 4. The molecule has 0 saturated heterocycles. The summed E-state index contributed by atoms with van der Waals surface area (Å²) in [6.45, 7) is 9.26. The van der Waals surface area contributed by atoms with Crippen molar-refractivity contribution >= 4 is 5.91 Å². The van der Waals surface area contributed by atoms with E-state index in [-0.39, 0.29) is 0 Å². The predicted molar refractivity (Wildman–Crippen MR) is 92.3 cm³/mol. The van der Waals surface area contributed by atoms with Gasteiger partial charge in [0.2, 0.25) is 5.91 Å². The highest BCUT2D eigenvalue weighted by atomic mass is 16.2. The summed E-state index contributed by atoms with van der Waals surface area (Å²) in [7, 11) is 0. The average Bonchev–Trinajstić information content (AvgIpc) is 2.49. The van der Waals surface area contributed by atoms with E-state index in [1.165, 1.54) is 25.7 Å². The lowest BCUT2D eigenvalue weighted by Gasteiger charge is -2.24. The molecule has 0 aromatic carbocycles. The topological polar surface area (TPSA) is 46.3 Å². The van der Waals surface area contributed by atoms with Crippen LogP contribution in [-0.4, -0.2) is 30.4 Å². The largest absolute Gasteiger partial charge is 0.343 e. The molecule has 0 rings (SSSR count). The molecule has 2 N–H and O–H groups in total. The standard InChI is InChI=1S/C18H38N2O/c1-4-7-9-15-20(16-10-8-5-2)18(21)12-11-17(6-3)13-14-19/h17H,4-16,19H2,1-3H3. The molecule has 0 saturated carbocycles. The normalized spacial score (nSPS) is 12.4. The Morgan fingerprint density at radius 2 is 1.52 bits per heavy atom. The van der Waals surface area contributed by atoms with Crippen LogP contribution in [0.3, 0.4) is 0 Å². The second-order valence-corrected chi connectivity index (χ2v) is 6.19. The molecule has 0 radical (unpaired) electrons. The van der Waals surface area contributed by atoms with Crippen molar-refractivity contribution in [3.05, 3.63) is 0 Å². The summed E-state index contributed by atoms with van der Waals surface area (Å²) in [5, 5.41) is 0. The van der Waals surface area contributed by atoms with Crippen molar-refractivity contribution in [3.8, 4) is 0 Å². The number of rotatable bonds is 14. The molecule has 126 valence electrons. The van der Waals surface area contributed by atoms with Gasteiger partial charge in [0.25, 0.3) is 0 Å². The van der Waals surface area contributed by atoms with Crippen molar-refractivity contribution in [3.63, 3.8) is 0 Å². The first-order chi connectivity index (χ1) is 10.2. The van der Waals surface area contributed by atoms with Gasteiger partial charge in [-0.25, -0.2) is 0 Å². The molecule has 0 aromatic rings. The van der Waals surface area contributed by atoms with Gasteiger partial charge in [0, 0.05) is 19.5 Å². The smallest absolute Gasteiger partial charge is 0.222 e. The SMILES string of the molecule is CCCCCN(CCCCC)C(=O)CCC(CC)CCN. The van der Waals surface area contributed by atoms with Crippen LogP contribution in [0.5, 0.6) is 0 Å². The molecular formula is C18H38N2O. The molecule has 0 aliphatic heterocycles. The zero-order valence-corrected chi connectivity index (χ0v) is 14.7. The minimum absolute atomic E-state index is 0.359. The maximum absolute atomic E-state index is 12.5. The summed E-state index contributed by atoms with van der Waals surface area (Å²) < 4.78 is 0. The fourth-order valence-electron chi connectivity index (χ4n) is 2.74. The molecule has 0 bridgehead atoms. The summed E-state index contributed by atoms with van der Waals surface area (Å²) in [6.07, 6.45) is 11.1. The highest BCUT2D eigenvalue weighted by Gasteiger charge is 2.15. The number of carbonyl (C=O) groups is 1. The Bertz CT molecular complexity index is 233. The van der Waals surface area contributed by atoms with E-state index >= 15 is 0 Å². The van der Waals surface area contributed by atoms with E-state index in [9.17, 15) is 4.79 Å². The predicted octanol–water partition coefficient (Wildman–Crippen LogP) is 4.35. The van der Waals surface area contributed by atoms with Crippen LogP contribution in [0.25, 0.3) is 0 Å². The summed E-state index contributed by atoms with van der Waals surface area (Å²) in [5.74, 6) is 0.977. The zero-order chi connectivity index (χ0) is 15.9. The lowest BCUT2D eigenvalue weighted by Crippen LogP contribution is -2.33. The van der Waals surface area contributed by atoms with E-state index in [1.54, 1.807) is 0 Å². The van der Waals surface area contributed by atoms with Crippen molar-refractivity contribution in [2.24, 2.45) is 11.7 Å². The van der Waals surface area contributed by atoms with E-state index in [0.29, 0.717) is 18.2 Å². The average molecular weight is 299 g/mol. The van der Waals surface area contributed by atoms with Crippen molar-refractivity contribution < 1.29 is 4.79 Å². The third kappa shape index (κ3) is 10.8. The minimum Gasteiger partial charge on any atom is -0.343 e. The molecule has 1 amide bonds. The van der Waals surface area contributed by atoms with Gasteiger partial charge in [0.15, 0.2) is 0 Å². The Morgan fingerprint density at radius 3 is 1.95 bits per heavy atom. The van der Waals surface area contributed by atoms with Crippen LogP contribution in [0, 0.1) is 5.92 Å². The van der Waals surface area contributed by atoms with Gasteiger partial charge in [0.1, 0.15) is 0 Å². The molecule has 0 aliphatic carbocycles. The molecule has 21 heavy (non-hydrogen) atoms. The van der Waals surface area contributed by atoms with Crippen LogP contribution in [0.4, 0.5) is 0 Å². The lowest BCUT2D eigenvalue weighted by molar-refractivity contribution is -0.131. The third-order valence-electron chi connectivity index (χ3n) is 4.33. The number of carbonyl (C=O) groups excluding carboxylic acids is 1. The first-order valence-corrected chi connectivity index (χ1v) is 9.17. The molecule has 0 aliphatic rings. The van der Waals surface area contributed by atoms with Gasteiger partial charge < -0.3 is 10.6 Å². The van der Waals surface area contributed by atoms with Crippen LogP contribution >= 0.6 is 0 Å². The quantitative estimate of drug-likeness (QED) is 0.485. The van der Waals surface area contributed by atoms with Gasteiger partial charge in [-0.2, -0.15) is 0 Å². The first kappa shape index (κ1) is 20.4. The number of amides is 1. The van der Waals surface area contributed by atoms with Gasteiger partial charge in [-0.05, 0) is 38.1 Å². The van der Waals surface area contributed by atoms with Crippen molar-refractivity contribution in [2.45, 2.75) is 85.0 Å². The molecule has 3 heteroatoms. The highest BCUT2D eigenvalue weighted by Crippen LogP contribution is 2.16.